The molecule has 0 unspecified atom stereocenters. The van der Waals surface area contributed by atoms with Gasteiger partial charge in [-0.3, -0.25) is 9.98 Å². The van der Waals surface area contributed by atoms with Crippen molar-refractivity contribution in [2.45, 2.75) is 20.8 Å². The number of nitrogens with zero attached hydrogens (tertiary/aromatic N) is 2. The molecule has 1 rings (SSSR count). The molecule has 6 heteroatoms. The molecule has 1 saturated heterocycles. The number of aliphatic hydroxyl groups excluding tert-OH is 1. The zero-order valence-corrected chi connectivity index (χ0v) is 12.6. The van der Waals surface area contributed by atoms with E-state index in [2.05, 4.69) is 9.98 Å². The molecule has 1 aliphatic heterocycles. The Hall–Kier alpha value is -0.606. The minimum atomic E-state index is 0. The van der Waals surface area contributed by atoms with Gasteiger partial charge in [-0.05, 0) is 6.92 Å². The fourth-order valence-corrected chi connectivity index (χ4v) is 0.721. The van der Waals surface area contributed by atoms with E-state index in [0.717, 1.165) is 0 Å². The number of rotatable bonds is 0. The molecule has 0 saturated carbocycles. The molecule has 108 valence electrons. The monoisotopic (exact) mass is 291 g/mol. The molecule has 0 aromatic heterocycles. The van der Waals surface area contributed by atoms with Crippen LogP contribution in [0.4, 0.5) is 0 Å². The van der Waals surface area contributed by atoms with Gasteiger partial charge in [-0.25, -0.2) is 0 Å². The van der Waals surface area contributed by atoms with Crippen LogP contribution in [0.2, 0.25) is 0 Å². The van der Waals surface area contributed by atoms with Crippen molar-refractivity contribution < 1.29 is 31.1 Å². The standard InChI is InChI=1S/C6H10N2O2.C2H6O.C2H6.CH3.Ni/c1-7-5-6(8-2)10-4-3-9-5;1-2-3;1-2;;/h3-4H2,1-2H3;3H,2H2,1H3;1-2H3;1H3;/q;;;-1;. The zero-order chi connectivity index (χ0) is 12.1. The summed E-state index contributed by atoms with van der Waals surface area (Å²) in [5.41, 5.74) is 0. The molecule has 5 nitrogen and oxygen atoms in total. The fraction of sp³-hybridized carbons (Fsp3) is 0.727. The van der Waals surface area contributed by atoms with Crippen LogP contribution in [-0.4, -0.2) is 50.8 Å². The van der Waals surface area contributed by atoms with E-state index in [9.17, 15) is 0 Å². The second-order valence-corrected chi connectivity index (χ2v) is 2.07. The summed E-state index contributed by atoms with van der Waals surface area (Å²) in [7, 11) is 3.30. The fourth-order valence-electron chi connectivity index (χ4n) is 0.721. The van der Waals surface area contributed by atoms with Crippen LogP contribution in [0, 0.1) is 7.43 Å². The third kappa shape index (κ3) is 13.3. The van der Waals surface area contributed by atoms with Gasteiger partial charge in [0.1, 0.15) is 13.2 Å². The second-order valence-electron chi connectivity index (χ2n) is 2.07. The Balaban J connectivity index is -0.000000106. The first-order chi connectivity index (χ1) is 7.29. The predicted octanol–water partition coefficient (Wildman–Crippen LogP) is 1.56. The maximum atomic E-state index is 7.57. The van der Waals surface area contributed by atoms with E-state index in [1.165, 1.54) is 0 Å². The Bertz CT molecular complexity index is 177. The quantitative estimate of drug-likeness (QED) is 0.544. The Kier molecular flexibility index (Phi) is 30.9. The van der Waals surface area contributed by atoms with Crippen LogP contribution in [0.3, 0.4) is 0 Å². The topological polar surface area (TPSA) is 63.4 Å². The van der Waals surface area contributed by atoms with E-state index in [0.29, 0.717) is 25.0 Å². The van der Waals surface area contributed by atoms with Gasteiger partial charge in [-0.2, -0.15) is 0 Å². The molecule has 0 aliphatic carbocycles. The van der Waals surface area contributed by atoms with Crippen molar-refractivity contribution in [3.8, 4) is 0 Å². The summed E-state index contributed by atoms with van der Waals surface area (Å²) in [5.74, 6) is 0.988. The summed E-state index contributed by atoms with van der Waals surface area (Å²) in [6.45, 7) is 7.05. The number of aliphatic imine (C=N–C) groups is 2. The second kappa shape index (κ2) is 20.8. The first-order valence-corrected chi connectivity index (χ1v) is 5.10. The summed E-state index contributed by atoms with van der Waals surface area (Å²) in [4.78, 5) is 7.68. The van der Waals surface area contributed by atoms with Gasteiger partial charge in [0.05, 0.1) is 0 Å². The van der Waals surface area contributed by atoms with Crippen LogP contribution in [0.25, 0.3) is 0 Å². The molecule has 0 amide bonds. The average Bonchev–Trinajstić information content (AvgIpc) is 2.32. The van der Waals surface area contributed by atoms with Crippen molar-refractivity contribution >= 4 is 11.8 Å². The van der Waals surface area contributed by atoms with Gasteiger partial charge >= 0.3 is 0 Å². The summed E-state index contributed by atoms with van der Waals surface area (Å²) < 4.78 is 10.2. The molecular weight excluding hydrogens is 267 g/mol. The SMILES string of the molecule is CC.CCO.CN=C1OCCOC1=NC.[CH3-].[Ni]. The van der Waals surface area contributed by atoms with Gasteiger partial charge in [0, 0.05) is 37.2 Å². The number of hydrogen-bond acceptors (Lipinski definition) is 5. The van der Waals surface area contributed by atoms with Crippen LogP contribution < -0.4 is 0 Å². The molecule has 0 bridgehead atoms. The van der Waals surface area contributed by atoms with Crippen LogP contribution in [0.1, 0.15) is 20.8 Å². The van der Waals surface area contributed by atoms with Gasteiger partial charge in [0.25, 0.3) is 11.8 Å². The molecule has 1 N–H and O–H groups in total. The van der Waals surface area contributed by atoms with E-state index in [1.54, 1.807) is 21.0 Å². The van der Waals surface area contributed by atoms with E-state index in [-0.39, 0.29) is 30.5 Å². The maximum Gasteiger partial charge on any atom is 0.272 e. The predicted molar refractivity (Wildman–Crippen MR) is 69.1 cm³/mol. The van der Waals surface area contributed by atoms with Crippen molar-refractivity contribution in [2.75, 3.05) is 33.9 Å². The van der Waals surface area contributed by atoms with Gasteiger partial charge < -0.3 is 22.0 Å². The van der Waals surface area contributed by atoms with E-state index in [4.69, 9.17) is 14.6 Å². The van der Waals surface area contributed by atoms with Crippen LogP contribution in [0.5, 0.6) is 0 Å². The van der Waals surface area contributed by atoms with Gasteiger partial charge in [-0.15, -0.1) is 0 Å². The minimum absolute atomic E-state index is 0. The first-order valence-electron chi connectivity index (χ1n) is 5.10. The van der Waals surface area contributed by atoms with Gasteiger partial charge in [-0.1, -0.05) is 13.8 Å². The van der Waals surface area contributed by atoms with Crippen LogP contribution in [-0.2, 0) is 26.0 Å². The van der Waals surface area contributed by atoms with Gasteiger partial charge in [0.2, 0.25) is 0 Å². The van der Waals surface area contributed by atoms with Crippen LogP contribution >= 0.6 is 0 Å². The summed E-state index contributed by atoms with van der Waals surface area (Å²) in [6.07, 6.45) is 0. The first kappa shape index (κ1) is 25.3. The molecule has 1 aliphatic rings. The number of hydrogen-bond donors (Lipinski definition) is 1. The smallest absolute Gasteiger partial charge is 0.272 e. The van der Waals surface area contributed by atoms with Crippen molar-refractivity contribution in [3.63, 3.8) is 0 Å². The molecule has 0 spiro atoms. The van der Waals surface area contributed by atoms with E-state index >= 15 is 0 Å². The van der Waals surface area contributed by atoms with E-state index in [1.807, 2.05) is 13.8 Å². The molecule has 0 atom stereocenters. The third-order valence-corrected chi connectivity index (χ3v) is 1.15. The van der Waals surface area contributed by atoms with Gasteiger partial charge in [0.15, 0.2) is 0 Å². The molecule has 1 heterocycles. The summed E-state index contributed by atoms with van der Waals surface area (Å²) >= 11 is 0. The van der Waals surface area contributed by atoms with Crippen LogP contribution in [0.15, 0.2) is 9.98 Å². The zero-order valence-electron chi connectivity index (χ0n) is 11.6. The average molecular weight is 292 g/mol. The van der Waals surface area contributed by atoms with Crippen molar-refractivity contribution in [1.82, 2.24) is 0 Å². The van der Waals surface area contributed by atoms with E-state index < -0.39 is 0 Å². The molecule has 17 heavy (non-hydrogen) atoms. The molecule has 0 aromatic carbocycles. The summed E-state index contributed by atoms with van der Waals surface area (Å²) in [6, 6.07) is 0. The Labute approximate surface area is 115 Å². The van der Waals surface area contributed by atoms with Crippen molar-refractivity contribution in [1.29, 1.82) is 0 Å². The summed E-state index contributed by atoms with van der Waals surface area (Å²) in [5, 5.41) is 7.57. The molecule has 1 fully saturated rings. The maximum absolute atomic E-state index is 7.57. The number of aliphatic hydroxyl groups is 1. The van der Waals surface area contributed by atoms with Crippen molar-refractivity contribution in [2.24, 2.45) is 9.98 Å². The number of ether oxygens (including phenoxy) is 2. The largest absolute Gasteiger partial charge is 0.470 e. The Morgan fingerprint density at radius 2 is 1.29 bits per heavy atom. The normalized spacial score (nSPS) is 16.8. The molecule has 0 aromatic rings. The molecular formula is C11H25N2NiO3-. The van der Waals surface area contributed by atoms with Crippen molar-refractivity contribution in [3.05, 3.63) is 7.43 Å². The molecule has 0 radical (unpaired) electrons. The Morgan fingerprint density at radius 1 is 1.06 bits per heavy atom. The Morgan fingerprint density at radius 3 is 1.47 bits per heavy atom. The third-order valence-electron chi connectivity index (χ3n) is 1.15. The minimum Gasteiger partial charge on any atom is -0.470 e.